The fraction of sp³-hybridized carbons (Fsp3) is 1.00. The van der Waals surface area contributed by atoms with E-state index in [-0.39, 0.29) is 0 Å². The monoisotopic (exact) mass is 172 g/mol. The van der Waals surface area contributed by atoms with Crippen LogP contribution in [0.25, 0.3) is 0 Å². The molecule has 0 aromatic rings. The van der Waals surface area contributed by atoms with Crippen LogP contribution in [0.1, 0.15) is 39.5 Å². The second-order valence-electron chi connectivity index (χ2n) is 4.36. The molecule has 0 aliphatic heterocycles. The lowest BCUT2D eigenvalue weighted by Gasteiger charge is -2.35. The Kier molecular flexibility index (Phi) is 3.13. The Hall–Kier alpha value is -0.0800. The molecule has 1 rings (SSSR count). The van der Waals surface area contributed by atoms with Crippen LogP contribution in [0.2, 0.25) is 0 Å². The van der Waals surface area contributed by atoms with Gasteiger partial charge in [-0.25, -0.2) is 0 Å². The Morgan fingerprint density at radius 2 is 1.67 bits per heavy atom. The molecule has 0 aromatic carbocycles. The van der Waals surface area contributed by atoms with Gasteiger partial charge in [-0.1, -0.05) is 0 Å². The van der Waals surface area contributed by atoms with Crippen LogP contribution in [0.4, 0.5) is 0 Å². The zero-order valence-electron chi connectivity index (χ0n) is 8.34. The van der Waals surface area contributed by atoms with Crippen molar-refractivity contribution in [2.24, 2.45) is 5.92 Å². The summed E-state index contributed by atoms with van der Waals surface area (Å²) in [5.41, 5.74) is -0.501. The first-order valence-electron chi connectivity index (χ1n) is 4.79. The second kappa shape index (κ2) is 3.75. The fourth-order valence-electron chi connectivity index (χ4n) is 2.00. The maximum atomic E-state index is 9.76. The zero-order valence-corrected chi connectivity index (χ0v) is 8.34. The van der Waals surface area contributed by atoms with Crippen LogP contribution < -0.4 is 0 Å². The van der Waals surface area contributed by atoms with Gasteiger partial charge in [0.05, 0.1) is 11.7 Å². The highest BCUT2D eigenvalue weighted by Crippen LogP contribution is 2.33. The molecule has 0 radical (unpaired) electrons. The van der Waals surface area contributed by atoms with Gasteiger partial charge < -0.3 is 9.84 Å². The summed E-state index contributed by atoms with van der Waals surface area (Å²) in [7, 11) is 1.77. The summed E-state index contributed by atoms with van der Waals surface area (Å²) in [5.74, 6) is 0.462. The van der Waals surface area contributed by atoms with Crippen molar-refractivity contribution in [3.8, 4) is 0 Å². The van der Waals surface area contributed by atoms with Crippen LogP contribution in [0.15, 0.2) is 0 Å². The van der Waals surface area contributed by atoms with Crippen molar-refractivity contribution in [1.82, 2.24) is 0 Å². The third-order valence-corrected chi connectivity index (χ3v) is 3.01. The molecule has 0 unspecified atom stereocenters. The van der Waals surface area contributed by atoms with Gasteiger partial charge in [0, 0.05) is 7.11 Å². The van der Waals surface area contributed by atoms with E-state index in [1.165, 1.54) is 0 Å². The number of methoxy groups -OCH3 is 1. The first-order valence-corrected chi connectivity index (χ1v) is 4.79. The van der Waals surface area contributed by atoms with Crippen molar-refractivity contribution in [2.75, 3.05) is 7.11 Å². The fourth-order valence-corrected chi connectivity index (χ4v) is 2.00. The molecule has 1 aliphatic carbocycles. The number of hydrogen-bond donors (Lipinski definition) is 1. The molecule has 0 amide bonds. The summed E-state index contributed by atoms with van der Waals surface area (Å²) < 4.78 is 5.27. The van der Waals surface area contributed by atoms with Crippen molar-refractivity contribution in [1.29, 1.82) is 0 Å². The first kappa shape index (κ1) is 10.0. The third kappa shape index (κ3) is 2.46. The van der Waals surface area contributed by atoms with Gasteiger partial charge >= 0.3 is 0 Å². The maximum absolute atomic E-state index is 9.76. The Morgan fingerprint density at radius 1 is 1.17 bits per heavy atom. The molecule has 0 saturated heterocycles. The van der Waals surface area contributed by atoms with E-state index in [1.807, 2.05) is 13.8 Å². The van der Waals surface area contributed by atoms with E-state index in [2.05, 4.69) is 0 Å². The highest BCUT2D eigenvalue weighted by atomic mass is 16.5. The minimum absolute atomic E-state index is 0.434. The molecule has 72 valence electrons. The molecule has 1 fully saturated rings. The van der Waals surface area contributed by atoms with Crippen molar-refractivity contribution in [2.45, 2.75) is 51.2 Å². The highest BCUT2D eigenvalue weighted by Gasteiger charge is 2.30. The summed E-state index contributed by atoms with van der Waals surface area (Å²) in [6.45, 7) is 3.82. The maximum Gasteiger partial charge on any atom is 0.0619 e. The predicted molar refractivity (Wildman–Crippen MR) is 49.1 cm³/mol. The van der Waals surface area contributed by atoms with Gasteiger partial charge in [-0.15, -0.1) is 0 Å². The van der Waals surface area contributed by atoms with E-state index < -0.39 is 5.60 Å². The van der Waals surface area contributed by atoms with Crippen LogP contribution in [0, 0.1) is 5.92 Å². The summed E-state index contributed by atoms with van der Waals surface area (Å²) in [4.78, 5) is 0. The normalized spacial score (nSPS) is 32.0. The molecular formula is C10H20O2. The number of ether oxygens (including phenoxy) is 1. The number of rotatable bonds is 2. The van der Waals surface area contributed by atoms with Crippen molar-refractivity contribution < 1.29 is 9.84 Å². The molecule has 2 nitrogen and oxygen atoms in total. The molecule has 1 aliphatic rings. The van der Waals surface area contributed by atoms with Crippen LogP contribution in [-0.2, 0) is 4.74 Å². The van der Waals surface area contributed by atoms with E-state index in [9.17, 15) is 5.11 Å². The van der Waals surface area contributed by atoms with Gasteiger partial charge in [0.1, 0.15) is 0 Å². The molecule has 1 saturated carbocycles. The average molecular weight is 172 g/mol. The largest absolute Gasteiger partial charge is 0.390 e. The van der Waals surface area contributed by atoms with Crippen LogP contribution >= 0.6 is 0 Å². The second-order valence-corrected chi connectivity index (χ2v) is 4.36. The molecule has 12 heavy (non-hydrogen) atoms. The van der Waals surface area contributed by atoms with E-state index in [4.69, 9.17) is 4.74 Å². The SMILES string of the molecule is COC1CCC(C(C)(C)O)CC1. The minimum Gasteiger partial charge on any atom is -0.390 e. The molecule has 1 N–H and O–H groups in total. The van der Waals surface area contributed by atoms with Gasteiger partial charge in [0.15, 0.2) is 0 Å². The molecular weight excluding hydrogens is 152 g/mol. The highest BCUT2D eigenvalue weighted by molar-refractivity contribution is 4.82. The molecule has 0 heterocycles. The molecule has 2 heteroatoms. The van der Waals surface area contributed by atoms with E-state index in [0.717, 1.165) is 25.7 Å². The average Bonchev–Trinajstić information content (AvgIpc) is 2.03. The van der Waals surface area contributed by atoms with Crippen molar-refractivity contribution in [3.63, 3.8) is 0 Å². The molecule has 0 atom stereocenters. The molecule has 0 aromatic heterocycles. The van der Waals surface area contributed by atoms with Gasteiger partial charge in [-0.05, 0) is 45.4 Å². The topological polar surface area (TPSA) is 29.5 Å². The Balaban J connectivity index is 2.36. The van der Waals surface area contributed by atoms with E-state index in [0.29, 0.717) is 12.0 Å². The standard InChI is InChI=1S/C10H20O2/c1-10(2,11)8-4-6-9(12-3)7-5-8/h8-9,11H,4-7H2,1-3H3. The van der Waals surface area contributed by atoms with Gasteiger partial charge in [0.2, 0.25) is 0 Å². The third-order valence-electron chi connectivity index (χ3n) is 3.01. The van der Waals surface area contributed by atoms with Gasteiger partial charge in [-0.2, -0.15) is 0 Å². The van der Waals surface area contributed by atoms with Crippen LogP contribution in [0.5, 0.6) is 0 Å². The quantitative estimate of drug-likeness (QED) is 0.690. The van der Waals surface area contributed by atoms with Gasteiger partial charge in [-0.3, -0.25) is 0 Å². The Labute approximate surface area is 74.9 Å². The summed E-state index contributed by atoms with van der Waals surface area (Å²) in [6, 6.07) is 0. The smallest absolute Gasteiger partial charge is 0.0619 e. The Bertz CT molecular complexity index is 129. The van der Waals surface area contributed by atoms with Crippen molar-refractivity contribution >= 4 is 0 Å². The number of hydrogen-bond acceptors (Lipinski definition) is 2. The van der Waals surface area contributed by atoms with Gasteiger partial charge in [0.25, 0.3) is 0 Å². The first-order chi connectivity index (χ1) is 5.54. The minimum atomic E-state index is -0.501. The zero-order chi connectivity index (χ0) is 9.19. The lowest BCUT2D eigenvalue weighted by atomic mass is 9.78. The lowest BCUT2D eigenvalue weighted by molar-refractivity contribution is -0.0278. The summed E-state index contributed by atoms with van der Waals surface area (Å²) >= 11 is 0. The number of aliphatic hydroxyl groups is 1. The van der Waals surface area contributed by atoms with Crippen molar-refractivity contribution in [3.05, 3.63) is 0 Å². The Morgan fingerprint density at radius 3 is 2.00 bits per heavy atom. The molecule has 0 spiro atoms. The summed E-state index contributed by atoms with van der Waals surface area (Å²) in [5, 5.41) is 9.76. The van der Waals surface area contributed by atoms with Crippen LogP contribution in [0.3, 0.4) is 0 Å². The summed E-state index contributed by atoms with van der Waals surface area (Å²) in [6.07, 6.45) is 4.84. The van der Waals surface area contributed by atoms with Crippen LogP contribution in [-0.4, -0.2) is 23.9 Å². The van der Waals surface area contributed by atoms with E-state index in [1.54, 1.807) is 7.11 Å². The lowest BCUT2D eigenvalue weighted by Crippen LogP contribution is -2.35. The predicted octanol–water partition coefficient (Wildman–Crippen LogP) is 1.96. The van der Waals surface area contributed by atoms with E-state index >= 15 is 0 Å². The molecule has 0 bridgehead atoms.